The molecule has 2 unspecified atom stereocenters. The normalized spacial score (nSPS) is 19.8. The Morgan fingerprint density at radius 2 is 1.95 bits per heavy atom. The molecular weight excluding hydrogens is 554 g/mol. The van der Waals surface area contributed by atoms with Crippen LogP contribution in [-0.4, -0.2) is 52.0 Å². The van der Waals surface area contributed by atoms with E-state index in [1.165, 1.54) is 24.1 Å². The largest absolute Gasteiger partial charge is 0.435 e. The summed E-state index contributed by atoms with van der Waals surface area (Å²) in [5.74, 6) is 1.18. The molecule has 2 aromatic carbocycles. The Bertz CT molecular complexity index is 1560. The van der Waals surface area contributed by atoms with Crippen LogP contribution in [0, 0.1) is 24.2 Å². The number of rotatable bonds is 7. The summed E-state index contributed by atoms with van der Waals surface area (Å²) in [5, 5.41) is 7.69. The fourth-order valence-electron chi connectivity index (χ4n) is 5.61. The van der Waals surface area contributed by atoms with Crippen molar-refractivity contribution in [2.24, 2.45) is 11.8 Å². The predicted molar refractivity (Wildman–Crippen MR) is 147 cm³/mol. The number of benzene rings is 2. The lowest BCUT2D eigenvalue weighted by molar-refractivity contribution is -0.126. The molecule has 8 nitrogen and oxygen atoms in total. The number of carbonyl (C=O) groups is 3. The van der Waals surface area contributed by atoms with E-state index in [0.29, 0.717) is 45.8 Å². The van der Waals surface area contributed by atoms with Crippen molar-refractivity contribution in [1.82, 2.24) is 20.0 Å². The lowest BCUT2D eigenvalue weighted by Crippen LogP contribution is -2.54. The number of nitrogens with zero attached hydrogens (tertiary/aromatic N) is 3. The Balaban J connectivity index is 1.46. The first-order chi connectivity index (χ1) is 19.6. The Morgan fingerprint density at radius 3 is 2.61 bits per heavy atom. The minimum absolute atomic E-state index is 0.0106. The number of aromatic nitrogens is 2. The molecule has 0 fully saturated rings. The van der Waals surface area contributed by atoms with Crippen LogP contribution in [0.25, 0.3) is 0 Å². The Hall–Kier alpha value is -4.23. The quantitative estimate of drug-likeness (QED) is 0.335. The van der Waals surface area contributed by atoms with E-state index in [-0.39, 0.29) is 36.4 Å². The third kappa shape index (κ3) is 5.42. The molecule has 0 bridgehead atoms. The molecule has 11 heteroatoms. The highest BCUT2D eigenvalue weighted by Crippen LogP contribution is 2.36. The van der Waals surface area contributed by atoms with E-state index >= 15 is 0 Å². The van der Waals surface area contributed by atoms with Crippen molar-refractivity contribution >= 4 is 29.2 Å². The summed E-state index contributed by atoms with van der Waals surface area (Å²) >= 11 is 6.14. The Labute approximate surface area is 240 Å². The van der Waals surface area contributed by atoms with Crippen LogP contribution < -0.4 is 10.1 Å². The van der Waals surface area contributed by atoms with Gasteiger partial charge in [0, 0.05) is 36.2 Å². The van der Waals surface area contributed by atoms with Crippen molar-refractivity contribution < 1.29 is 27.9 Å². The van der Waals surface area contributed by atoms with E-state index in [1.807, 2.05) is 6.92 Å². The van der Waals surface area contributed by atoms with Crippen LogP contribution in [0.2, 0.25) is 5.02 Å². The number of halogens is 3. The average molecular weight is 581 g/mol. The zero-order valence-electron chi connectivity index (χ0n) is 22.4. The maximum atomic E-state index is 14.0. The molecular formula is C30H27ClF2N4O4. The van der Waals surface area contributed by atoms with Gasteiger partial charge in [-0.05, 0) is 54.7 Å². The zero-order chi connectivity index (χ0) is 29.4. The molecule has 3 aromatic rings. The van der Waals surface area contributed by atoms with Gasteiger partial charge in [-0.3, -0.25) is 19.1 Å². The molecule has 0 spiro atoms. The summed E-state index contributed by atoms with van der Waals surface area (Å²) in [7, 11) is 1.49. The number of ketones is 1. The van der Waals surface area contributed by atoms with Gasteiger partial charge in [0.05, 0.1) is 17.3 Å². The molecule has 0 radical (unpaired) electrons. The second-order valence-electron chi connectivity index (χ2n) is 10.2. The molecule has 0 saturated heterocycles. The summed E-state index contributed by atoms with van der Waals surface area (Å²) in [6, 6.07) is 9.94. The van der Waals surface area contributed by atoms with Crippen LogP contribution in [0.4, 0.5) is 8.78 Å². The van der Waals surface area contributed by atoms with Crippen molar-refractivity contribution in [3.05, 3.63) is 81.1 Å². The number of ether oxygens (including phenoxy) is 1. The van der Waals surface area contributed by atoms with Crippen LogP contribution in [-0.2, 0) is 30.7 Å². The minimum atomic E-state index is -2.95. The van der Waals surface area contributed by atoms with Crippen LogP contribution in [0.5, 0.6) is 5.75 Å². The van der Waals surface area contributed by atoms with E-state index in [4.69, 9.17) is 23.1 Å². The summed E-state index contributed by atoms with van der Waals surface area (Å²) in [4.78, 5) is 41.9. The lowest BCUT2D eigenvalue weighted by atomic mass is 9.75. The second kappa shape index (κ2) is 11.3. The summed E-state index contributed by atoms with van der Waals surface area (Å²) in [6.07, 6.45) is 6.34. The van der Waals surface area contributed by atoms with Crippen molar-refractivity contribution in [3.8, 4) is 18.1 Å². The van der Waals surface area contributed by atoms with Gasteiger partial charge in [-0.2, -0.15) is 13.9 Å². The van der Waals surface area contributed by atoms with Gasteiger partial charge < -0.3 is 15.0 Å². The summed E-state index contributed by atoms with van der Waals surface area (Å²) < 4.78 is 31.1. The maximum absolute atomic E-state index is 14.0. The first kappa shape index (κ1) is 28.3. The van der Waals surface area contributed by atoms with Crippen molar-refractivity contribution in [3.63, 3.8) is 0 Å². The molecule has 1 aliphatic carbocycles. The molecule has 3 atom stereocenters. The Morgan fingerprint density at radius 1 is 1.22 bits per heavy atom. The monoisotopic (exact) mass is 580 g/mol. The molecule has 212 valence electrons. The van der Waals surface area contributed by atoms with Gasteiger partial charge in [-0.25, -0.2) is 0 Å². The standard InChI is InChI=1S/C30H27ClF2N4O4/c1-4-18-12-19(7-10-23(18)31)27(38)21-13-22-24(11-16(21)2)35-37-15-25(28(39)34-3)36(29(40)26(22)37)14-17-5-8-20(9-6-17)41-30(32)33/h1,5-10,12,16,21,25,30H,11,13-15H2,2-3H3,(H,34,39)/t16-,21?,25?/m1/s1. The van der Waals surface area contributed by atoms with Gasteiger partial charge in [0.25, 0.3) is 5.91 Å². The molecule has 5 rings (SSSR count). The van der Waals surface area contributed by atoms with E-state index in [1.54, 1.807) is 35.0 Å². The third-order valence-electron chi connectivity index (χ3n) is 7.74. The number of terminal acetylenes is 1. The predicted octanol–water partition coefficient (Wildman–Crippen LogP) is 4.12. The van der Waals surface area contributed by atoms with Crippen LogP contribution in [0.3, 0.4) is 0 Å². The van der Waals surface area contributed by atoms with Crippen molar-refractivity contribution in [2.45, 2.75) is 45.5 Å². The molecule has 1 aromatic heterocycles. The van der Waals surface area contributed by atoms with Gasteiger partial charge in [0.1, 0.15) is 17.5 Å². The number of fused-ring (bicyclic) bond motifs is 3. The van der Waals surface area contributed by atoms with E-state index in [9.17, 15) is 23.2 Å². The molecule has 41 heavy (non-hydrogen) atoms. The number of likely N-dealkylation sites (N-methyl/N-ethyl adjacent to an activating group) is 1. The highest BCUT2D eigenvalue weighted by Gasteiger charge is 2.43. The summed E-state index contributed by atoms with van der Waals surface area (Å²) in [5.41, 5.74) is 3.29. The van der Waals surface area contributed by atoms with Gasteiger partial charge in [0.2, 0.25) is 5.91 Å². The number of hydrogen-bond donors (Lipinski definition) is 1. The number of carbonyl (C=O) groups excluding carboxylic acids is 3. The average Bonchev–Trinajstić information content (AvgIpc) is 3.31. The first-order valence-corrected chi connectivity index (χ1v) is 13.4. The van der Waals surface area contributed by atoms with E-state index in [0.717, 1.165) is 5.69 Å². The molecule has 1 aliphatic heterocycles. The second-order valence-corrected chi connectivity index (χ2v) is 10.6. The zero-order valence-corrected chi connectivity index (χ0v) is 23.1. The molecule has 0 saturated carbocycles. The first-order valence-electron chi connectivity index (χ1n) is 13.1. The molecule has 1 N–H and O–H groups in total. The lowest BCUT2D eigenvalue weighted by Gasteiger charge is -2.35. The minimum Gasteiger partial charge on any atom is -0.435 e. The maximum Gasteiger partial charge on any atom is 0.387 e. The highest BCUT2D eigenvalue weighted by molar-refractivity contribution is 6.31. The van der Waals surface area contributed by atoms with Crippen molar-refractivity contribution in [1.29, 1.82) is 0 Å². The van der Waals surface area contributed by atoms with Gasteiger partial charge in [-0.1, -0.05) is 36.6 Å². The van der Waals surface area contributed by atoms with Crippen LogP contribution in [0.1, 0.15) is 50.2 Å². The molecule has 2 amide bonds. The molecule has 2 heterocycles. The SMILES string of the molecule is C#Cc1cc(C(=O)C2Cc3c(nn4c3C(=O)N(Cc3ccc(OC(F)F)cc3)C(C(=O)NC)C4)C[C@H]2C)ccc1Cl. The Kier molecular flexibility index (Phi) is 7.82. The van der Waals surface area contributed by atoms with Gasteiger partial charge in [-0.15, -0.1) is 6.42 Å². The highest BCUT2D eigenvalue weighted by atomic mass is 35.5. The number of amides is 2. The number of nitrogens with one attached hydrogen (secondary N) is 1. The summed E-state index contributed by atoms with van der Waals surface area (Å²) in [6.45, 7) is -0.781. The molecule has 2 aliphatic rings. The number of hydrogen-bond acceptors (Lipinski definition) is 5. The van der Waals surface area contributed by atoms with Crippen molar-refractivity contribution in [2.75, 3.05) is 7.05 Å². The van der Waals surface area contributed by atoms with Crippen LogP contribution >= 0.6 is 11.6 Å². The van der Waals surface area contributed by atoms with E-state index < -0.39 is 24.5 Å². The van der Waals surface area contributed by atoms with Gasteiger partial charge in [0.15, 0.2) is 5.78 Å². The van der Waals surface area contributed by atoms with E-state index in [2.05, 4.69) is 16.0 Å². The fourth-order valence-corrected chi connectivity index (χ4v) is 5.78. The topological polar surface area (TPSA) is 93.5 Å². The fraction of sp³-hybridized carbons (Fsp3) is 0.333. The van der Waals surface area contributed by atoms with Crippen LogP contribution in [0.15, 0.2) is 42.5 Å². The number of Topliss-reactive ketones (excluding diaryl/α,β-unsaturated/α-hetero) is 1. The smallest absolute Gasteiger partial charge is 0.387 e. The number of alkyl halides is 2. The van der Waals surface area contributed by atoms with Gasteiger partial charge >= 0.3 is 6.61 Å². The third-order valence-corrected chi connectivity index (χ3v) is 8.07.